The standard InChI is InChI=1S/C12H15NO/c1-10-4-2-3-5-11(10)6-7-12-13-8-9-14-12/h2-5H,6-9H2,1H3. The second-order valence-corrected chi connectivity index (χ2v) is 3.55. The summed E-state index contributed by atoms with van der Waals surface area (Å²) in [5, 5.41) is 0. The molecule has 2 heteroatoms. The number of hydrogen-bond acceptors (Lipinski definition) is 2. The van der Waals surface area contributed by atoms with Crippen molar-refractivity contribution >= 4 is 5.90 Å². The van der Waals surface area contributed by atoms with Crippen LogP contribution in [0.25, 0.3) is 0 Å². The monoisotopic (exact) mass is 189 g/mol. The fraction of sp³-hybridized carbons (Fsp3) is 0.417. The van der Waals surface area contributed by atoms with E-state index >= 15 is 0 Å². The summed E-state index contributed by atoms with van der Waals surface area (Å²) in [6.07, 6.45) is 1.97. The predicted octanol–water partition coefficient (Wildman–Crippen LogP) is 2.36. The van der Waals surface area contributed by atoms with Crippen LogP contribution in [0.3, 0.4) is 0 Å². The minimum absolute atomic E-state index is 0.767. The van der Waals surface area contributed by atoms with Crippen molar-refractivity contribution in [2.75, 3.05) is 13.2 Å². The van der Waals surface area contributed by atoms with Gasteiger partial charge in [-0.2, -0.15) is 0 Å². The first-order valence-corrected chi connectivity index (χ1v) is 5.07. The summed E-state index contributed by atoms with van der Waals surface area (Å²) in [6, 6.07) is 8.47. The van der Waals surface area contributed by atoms with Crippen LogP contribution in [0.5, 0.6) is 0 Å². The van der Waals surface area contributed by atoms with Crippen LogP contribution in [-0.4, -0.2) is 19.0 Å². The summed E-state index contributed by atoms with van der Waals surface area (Å²) in [5.74, 6) is 0.924. The summed E-state index contributed by atoms with van der Waals surface area (Å²) in [5.41, 5.74) is 2.75. The van der Waals surface area contributed by atoms with E-state index in [1.807, 2.05) is 0 Å². The maximum absolute atomic E-state index is 5.36. The van der Waals surface area contributed by atoms with Crippen molar-refractivity contribution in [3.8, 4) is 0 Å². The average Bonchev–Trinajstić information content (AvgIpc) is 2.69. The lowest BCUT2D eigenvalue weighted by atomic mass is 10.0. The smallest absolute Gasteiger partial charge is 0.183 e. The quantitative estimate of drug-likeness (QED) is 0.715. The number of benzene rings is 1. The van der Waals surface area contributed by atoms with Gasteiger partial charge in [0.15, 0.2) is 5.90 Å². The van der Waals surface area contributed by atoms with Crippen LogP contribution in [0.1, 0.15) is 17.5 Å². The van der Waals surface area contributed by atoms with E-state index in [2.05, 4.69) is 36.2 Å². The molecule has 0 spiro atoms. The first kappa shape index (κ1) is 9.25. The number of rotatable bonds is 3. The molecule has 0 bridgehead atoms. The van der Waals surface area contributed by atoms with Gasteiger partial charge in [-0.05, 0) is 24.5 Å². The third-order valence-electron chi connectivity index (χ3n) is 2.52. The molecule has 0 fully saturated rings. The normalized spacial score (nSPS) is 15.1. The molecule has 0 unspecified atom stereocenters. The highest BCUT2D eigenvalue weighted by molar-refractivity contribution is 5.77. The maximum Gasteiger partial charge on any atom is 0.183 e. The Bertz CT molecular complexity index is 344. The zero-order valence-corrected chi connectivity index (χ0v) is 8.49. The fourth-order valence-corrected chi connectivity index (χ4v) is 1.66. The first-order chi connectivity index (χ1) is 6.86. The Morgan fingerprint density at radius 2 is 2.14 bits per heavy atom. The number of aryl methyl sites for hydroxylation is 2. The Balaban J connectivity index is 1.94. The summed E-state index contributed by atoms with van der Waals surface area (Å²) in [4.78, 5) is 4.27. The molecule has 1 heterocycles. The molecule has 74 valence electrons. The van der Waals surface area contributed by atoms with Gasteiger partial charge in [-0.15, -0.1) is 0 Å². The molecule has 0 atom stereocenters. The Hall–Kier alpha value is -1.31. The van der Waals surface area contributed by atoms with E-state index in [-0.39, 0.29) is 0 Å². The third-order valence-corrected chi connectivity index (χ3v) is 2.52. The molecule has 1 aliphatic heterocycles. The van der Waals surface area contributed by atoms with E-state index in [1.165, 1.54) is 11.1 Å². The van der Waals surface area contributed by atoms with Crippen LogP contribution in [-0.2, 0) is 11.2 Å². The lowest BCUT2D eigenvalue weighted by Crippen LogP contribution is -2.01. The number of ether oxygens (including phenoxy) is 1. The zero-order chi connectivity index (χ0) is 9.80. The highest BCUT2D eigenvalue weighted by Crippen LogP contribution is 2.11. The van der Waals surface area contributed by atoms with Crippen LogP contribution >= 0.6 is 0 Å². The highest BCUT2D eigenvalue weighted by Gasteiger charge is 2.07. The predicted molar refractivity (Wildman–Crippen MR) is 57.8 cm³/mol. The van der Waals surface area contributed by atoms with Crippen molar-refractivity contribution in [2.24, 2.45) is 4.99 Å². The molecule has 0 saturated carbocycles. The highest BCUT2D eigenvalue weighted by atomic mass is 16.5. The van der Waals surface area contributed by atoms with Crippen LogP contribution in [0.4, 0.5) is 0 Å². The molecule has 0 aromatic heterocycles. The van der Waals surface area contributed by atoms with Crippen molar-refractivity contribution in [2.45, 2.75) is 19.8 Å². The van der Waals surface area contributed by atoms with E-state index in [9.17, 15) is 0 Å². The molecular weight excluding hydrogens is 174 g/mol. The van der Waals surface area contributed by atoms with E-state index in [0.29, 0.717) is 0 Å². The Morgan fingerprint density at radius 3 is 2.86 bits per heavy atom. The minimum atomic E-state index is 0.767. The Morgan fingerprint density at radius 1 is 1.29 bits per heavy atom. The van der Waals surface area contributed by atoms with Crippen LogP contribution in [0.2, 0.25) is 0 Å². The lowest BCUT2D eigenvalue weighted by Gasteiger charge is -2.04. The van der Waals surface area contributed by atoms with Gasteiger partial charge in [0, 0.05) is 6.42 Å². The van der Waals surface area contributed by atoms with Crippen LogP contribution < -0.4 is 0 Å². The number of aliphatic imine (C=N–C) groups is 1. The largest absolute Gasteiger partial charge is 0.479 e. The summed E-state index contributed by atoms with van der Waals surface area (Å²) in [6.45, 7) is 3.75. The molecule has 2 nitrogen and oxygen atoms in total. The number of hydrogen-bond donors (Lipinski definition) is 0. The molecule has 0 aliphatic carbocycles. The molecule has 2 rings (SSSR count). The molecule has 0 saturated heterocycles. The van der Waals surface area contributed by atoms with Crippen LogP contribution in [0.15, 0.2) is 29.3 Å². The fourth-order valence-electron chi connectivity index (χ4n) is 1.66. The third kappa shape index (κ3) is 2.13. The van der Waals surface area contributed by atoms with Crippen molar-refractivity contribution in [3.05, 3.63) is 35.4 Å². The minimum Gasteiger partial charge on any atom is -0.479 e. The van der Waals surface area contributed by atoms with Crippen molar-refractivity contribution < 1.29 is 4.74 Å². The molecule has 1 aromatic carbocycles. The van der Waals surface area contributed by atoms with Gasteiger partial charge in [0.25, 0.3) is 0 Å². The second kappa shape index (κ2) is 4.27. The zero-order valence-electron chi connectivity index (χ0n) is 8.49. The summed E-state index contributed by atoms with van der Waals surface area (Å²) >= 11 is 0. The van der Waals surface area contributed by atoms with Crippen molar-refractivity contribution in [1.29, 1.82) is 0 Å². The lowest BCUT2D eigenvalue weighted by molar-refractivity contribution is 0.338. The van der Waals surface area contributed by atoms with Crippen LogP contribution in [0, 0.1) is 6.92 Å². The molecule has 0 amide bonds. The van der Waals surface area contributed by atoms with Gasteiger partial charge >= 0.3 is 0 Å². The molecule has 1 aromatic rings. The van der Waals surface area contributed by atoms with E-state index < -0.39 is 0 Å². The van der Waals surface area contributed by atoms with Gasteiger partial charge in [0.05, 0.1) is 6.54 Å². The van der Waals surface area contributed by atoms with Crippen molar-refractivity contribution in [3.63, 3.8) is 0 Å². The first-order valence-electron chi connectivity index (χ1n) is 5.07. The van der Waals surface area contributed by atoms with Gasteiger partial charge < -0.3 is 4.74 Å². The van der Waals surface area contributed by atoms with Gasteiger partial charge in [0.1, 0.15) is 6.61 Å². The molecule has 14 heavy (non-hydrogen) atoms. The summed E-state index contributed by atoms with van der Waals surface area (Å²) < 4.78 is 5.36. The van der Waals surface area contributed by atoms with Gasteiger partial charge in [-0.3, -0.25) is 4.99 Å². The Labute approximate surface area is 84.6 Å². The second-order valence-electron chi connectivity index (χ2n) is 3.55. The summed E-state index contributed by atoms with van der Waals surface area (Å²) in [7, 11) is 0. The molecule has 0 radical (unpaired) electrons. The van der Waals surface area contributed by atoms with Gasteiger partial charge in [-0.25, -0.2) is 0 Å². The maximum atomic E-state index is 5.36. The topological polar surface area (TPSA) is 21.6 Å². The van der Waals surface area contributed by atoms with E-state index in [1.54, 1.807) is 0 Å². The van der Waals surface area contributed by atoms with Crippen molar-refractivity contribution in [1.82, 2.24) is 0 Å². The van der Waals surface area contributed by atoms with E-state index in [0.717, 1.165) is 31.9 Å². The molecular formula is C12H15NO. The average molecular weight is 189 g/mol. The van der Waals surface area contributed by atoms with E-state index in [4.69, 9.17) is 4.74 Å². The Kier molecular flexibility index (Phi) is 2.82. The molecule has 1 aliphatic rings. The molecule has 0 N–H and O–H groups in total. The van der Waals surface area contributed by atoms with Gasteiger partial charge in [0.2, 0.25) is 0 Å². The van der Waals surface area contributed by atoms with Gasteiger partial charge in [-0.1, -0.05) is 24.3 Å². The SMILES string of the molecule is Cc1ccccc1CCC1=NCCO1. The number of nitrogens with zero attached hydrogens (tertiary/aromatic N) is 1.